The van der Waals surface area contributed by atoms with Crippen molar-refractivity contribution in [1.82, 2.24) is 0 Å². The lowest BCUT2D eigenvalue weighted by molar-refractivity contribution is 1.31. The van der Waals surface area contributed by atoms with E-state index >= 15 is 0 Å². The molecule has 0 N–H and O–H groups in total. The molecule has 3 aromatic carbocycles. The maximum Gasteiger partial charge on any atom is 0.0557 e. The molecule has 0 aliphatic rings. The second kappa shape index (κ2) is 5.11. The van der Waals surface area contributed by atoms with E-state index in [4.69, 9.17) is 0 Å². The van der Waals surface area contributed by atoms with Crippen molar-refractivity contribution in [2.45, 2.75) is 0 Å². The van der Waals surface area contributed by atoms with Gasteiger partial charge in [0.25, 0.3) is 0 Å². The molecule has 3 aromatic rings. The van der Waals surface area contributed by atoms with Gasteiger partial charge < -0.3 is 0 Å². The van der Waals surface area contributed by atoms with E-state index in [0.29, 0.717) is 0 Å². The molecule has 19 heavy (non-hydrogen) atoms. The van der Waals surface area contributed by atoms with E-state index in [1.54, 1.807) is 0 Å². The molecule has 0 heterocycles. The van der Waals surface area contributed by atoms with Crippen molar-refractivity contribution in [3.8, 4) is 0 Å². The molecule has 0 aliphatic carbocycles. The standard InChI is InChI=1S/C19H15/c1-2-17(15-9-4-3-5-10-15)19-14-8-12-16-11-6-7-13-18(16)19/h2-14H,1H2. The van der Waals surface area contributed by atoms with Crippen molar-refractivity contribution >= 4 is 10.8 Å². The van der Waals surface area contributed by atoms with Crippen LogP contribution in [0.1, 0.15) is 11.1 Å². The van der Waals surface area contributed by atoms with E-state index in [1.807, 2.05) is 12.1 Å². The zero-order chi connectivity index (χ0) is 13.1. The first kappa shape index (κ1) is 11.7. The lowest BCUT2D eigenvalue weighted by atomic mass is 9.88. The van der Waals surface area contributed by atoms with Crippen LogP contribution >= 0.6 is 0 Å². The maximum absolute atomic E-state index is 3.98. The Kier molecular flexibility index (Phi) is 3.16. The van der Waals surface area contributed by atoms with Crippen LogP contribution in [-0.2, 0) is 0 Å². The van der Waals surface area contributed by atoms with Gasteiger partial charge in [-0.2, -0.15) is 0 Å². The van der Waals surface area contributed by atoms with Crippen LogP contribution in [0, 0.1) is 5.92 Å². The molecule has 0 nitrogen and oxygen atoms in total. The van der Waals surface area contributed by atoms with Gasteiger partial charge >= 0.3 is 0 Å². The molecule has 0 aliphatic heterocycles. The van der Waals surface area contributed by atoms with Crippen LogP contribution in [0.25, 0.3) is 10.8 Å². The predicted molar refractivity (Wildman–Crippen MR) is 82.0 cm³/mol. The third-order valence-electron chi connectivity index (χ3n) is 3.37. The zero-order valence-corrected chi connectivity index (χ0v) is 10.7. The van der Waals surface area contributed by atoms with Crippen molar-refractivity contribution in [2.24, 2.45) is 0 Å². The topological polar surface area (TPSA) is 0 Å². The average Bonchev–Trinajstić information content (AvgIpc) is 2.49. The first-order valence-corrected chi connectivity index (χ1v) is 6.43. The van der Waals surface area contributed by atoms with E-state index in [0.717, 1.165) is 0 Å². The average molecular weight is 243 g/mol. The summed E-state index contributed by atoms with van der Waals surface area (Å²) in [5.74, 6) is 1.18. The lowest BCUT2D eigenvalue weighted by Crippen LogP contribution is -1.99. The van der Waals surface area contributed by atoms with Gasteiger partial charge in [-0.3, -0.25) is 0 Å². The Balaban J connectivity index is 2.20. The van der Waals surface area contributed by atoms with E-state index in [9.17, 15) is 0 Å². The predicted octanol–water partition coefficient (Wildman–Crippen LogP) is 5.00. The Bertz CT molecular complexity index is 690. The Hall–Kier alpha value is -2.34. The number of hydrogen-bond acceptors (Lipinski definition) is 0. The van der Waals surface area contributed by atoms with Crippen molar-refractivity contribution in [1.29, 1.82) is 0 Å². The number of allylic oxidation sites excluding steroid dienone is 1. The fraction of sp³-hybridized carbons (Fsp3) is 0. The fourth-order valence-electron chi connectivity index (χ4n) is 2.46. The Morgan fingerprint density at radius 2 is 1.42 bits per heavy atom. The second-order valence-electron chi connectivity index (χ2n) is 4.51. The quantitative estimate of drug-likeness (QED) is 0.607. The molecular weight excluding hydrogens is 228 g/mol. The minimum absolute atomic E-state index is 1.18. The van der Waals surface area contributed by atoms with Crippen LogP contribution < -0.4 is 0 Å². The van der Waals surface area contributed by atoms with Crippen LogP contribution in [0.5, 0.6) is 0 Å². The third-order valence-corrected chi connectivity index (χ3v) is 3.37. The molecule has 1 radical (unpaired) electrons. The van der Waals surface area contributed by atoms with E-state index in [1.165, 1.54) is 27.8 Å². The summed E-state index contributed by atoms with van der Waals surface area (Å²) in [7, 11) is 0. The van der Waals surface area contributed by atoms with Gasteiger partial charge in [0.1, 0.15) is 0 Å². The summed E-state index contributed by atoms with van der Waals surface area (Å²) in [6.07, 6.45) is 1.94. The van der Waals surface area contributed by atoms with Gasteiger partial charge in [0.2, 0.25) is 0 Å². The summed E-state index contributed by atoms with van der Waals surface area (Å²) < 4.78 is 0. The van der Waals surface area contributed by atoms with Crippen molar-refractivity contribution in [2.75, 3.05) is 0 Å². The summed E-state index contributed by atoms with van der Waals surface area (Å²) in [6, 6.07) is 25.3. The zero-order valence-electron chi connectivity index (χ0n) is 10.7. The number of fused-ring (bicyclic) bond motifs is 1. The fourth-order valence-corrected chi connectivity index (χ4v) is 2.46. The van der Waals surface area contributed by atoms with Crippen LogP contribution in [0.3, 0.4) is 0 Å². The van der Waals surface area contributed by atoms with Crippen molar-refractivity contribution in [3.63, 3.8) is 0 Å². The minimum Gasteiger partial charge on any atom is -0.102 e. The SMILES string of the molecule is C=C[C](c1ccccc1)c1cccc2ccccc12. The summed E-state index contributed by atoms with van der Waals surface area (Å²) in [6.45, 7) is 3.98. The molecule has 91 valence electrons. The first-order chi connectivity index (χ1) is 9.40. The number of benzene rings is 3. The van der Waals surface area contributed by atoms with E-state index in [-0.39, 0.29) is 0 Å². The van der Waals surface area contributed by atoms with Crippen LogP contribution in [0.2, 0.25) is 0 Å². The first-order valence-electron chi connectivity index (χ1n) is 6.43. The molecular formula is C19H15. The van der Waals surface area contributed by atoms with Gasteiger partial charge in [-0.25, -0.2) is 0 Å². The second-order valence-corrected chi connectivity index (χ2v) is 4.51. The molecule has 0 bridgehead atoms. The molecule has 0 unspecified atom stereocenters. The lowest BCUT2D eigenvalue weighted by Gasteiger charge is -2.15. The smallest absolute Gasteiger partial charge is 0.0557 e. The molecule has 3 rings (SSSR count). The van der Waals surface area contributed by atoms with E-state index in [2.05, 4.69) is 73.3 Å². The highest BCUT2D eigenvalue weighted by atomic mass is 14.2. The molecule has 0 fully saturated rings. The molecule has 0 spiro atoms. The van der Waals surface area contributed by atoms with Crippen LogP contribution in [0.4, 0.5) is 0 Å². The van der Waals surface area contributed by atoms with E-state index < -0.39 is 0 Å². The number of rotatable bonds is 3. The summed E-state index contributed by atoms with van der Waals surface area (Å²) in [5.41, 5.74) is 2.44. The minimum atomic E-state index is 1.18. The van der Waals surface area contributed by atoms with Gasteiger partial charge in [0.15, 0.2) is 0 Å². The van der Waals surface area contributed by atoms with Gasteiger partial charge in [-0.15, -0.1) is 6.58 Å². The van der Waals surface area contributed by atoms with Crippen molar-refractivity contribution in [3.05, 3.63) is 102 Å². The third kappa shape index (κ3) is 2.17. The van der Waals surface area contributed by atoms with Crippen molar-refractivity contribution < 1.29 is 0 Å². The molecule has 0 heteroatoms. The molecule has 0 saturated carbocycles. The van der Waals surface area contributed by atoms with Gasteiger partial charge in [0, 0.05) is 0 Å². The summed E-state index contributed by atoms with van der Waals surface area (Å²) >= 11 is 0. The maximum atomic E-state index is 3.98. The summed E-state index contributed by atoms with van der Waals surface area (Å²) in [4.78, 5) is 0. The Morgan fingerprint density at radius 1 is 0.737 bits per heavy atom. The summed E-state index contributed by atoms with van der Waals surface area (Å²) in [5, 5.41) is 2.53. The van der Waals surface area contributed by atoms with Gasteiger partial charge in [0.05, 0.1) is 5.92 Å². The normalized spacial score (nSPS) is 10.8. The monoisotopic (exact) mass is 243 g/mol. The highest BCUT2D eigenvalue weighted by Crippen LogP contribution is 2.30. The Morgan fingerprint density at radius 3 is 2.21 bits per heavy atom. The highest BCUT2D eigenvalue weighted by Gasteiger charge is 2.13. The number of hydrogen-bond donors (Lipinski definition) is 0. The molecule has 0 amide bonds. The highest BCUT2D eigenvalue weighted by molar-refractivity contribution is 5.88. The van der Waals surface area contributed by atoms with Gasteiger partial charge in [-0.05, 0) is 21.9 Å². The molecule has 0 saturated heterocycles. The van der Waals surface area contributed by atoms with Crippen LogP contribution in [-0.4, -0.2) is 0 Å². The molecule has 0 atom stereocenters. The van der Waals surface area contributed by atoms with Gasteiger partial charge in [-0.1, -0.05) is 78.9 Å². The molecule has 0 aromatic heterocycles. The Labute approximate surface area is 114 Å². The largest absolute Gasteiger partial charge is 0.102 e. The van der Waals surface area contributed by atoms with Crippen LogP contribution in [0.15, 0.2) is 85.5 Å².